The lowest BCUT2D eigenvalue weighted by Gasteiger charge is -2.34. The van der Waals surface area contributed by atoms with E-state index in [1.807, 2.05) is 30.3 Å². The fourth-order valence-corrected chi connectivity index (χ4v) is 3.63. The van der Waals surface area contributed by atoms with Crippen molar-refractivity contribution in [3.63, 3.8) is 0 Å². The van der Waals surface area contributed by atoms with Gasteiger partial charge in [0.2, 0.25) is 5.88 Å². The first kappa shape index (κ1) is 17.8. The third-order valence-electron chi connectivity index (χ3n) is 4.63. The van der Waals surface area contributed by atoms with Gasteiger partial charge in [-0.05, 0) is 34.9 Å². The van der Waals surface area contributed by atoms with Crippen molar-refractivity contribution in [2.24, 2.45) is 0 Å². The van der Waals surface area contributed by atoms with E-state index in [4.69, 9.17) is 27.9 Å². The van der Waals surface area contributed by atoms with Crippen LogP contribution in [0.25, 0.3) is 0 Å². The SMILES string of the molecule is O=C(Oc1ccccn1)N1Cc2ccccc2C(c2ccc(Cl)c(Cl)c2)C1. The number of carbonyl (C=O) groups is 1. The number of hydrogen-bond donors (Lipinski definition) is 0. The predicted octanol–water partition coefficient (Wildman–Crippen LogP) is 5.53. The molecule has 4 rings (SSSR count). The highest BCUT2D eigenvalue weighted by Crippen LogP contribution is 2.36. The van der Waals surface area contributed by atoms with Crippen molar-refractivity contribution in [2.75, 3.05) is 6.54 Å². The summed E-state index contributed by atoms with van der Waals surface area (Å²) in [5.41, 5.74) is 3.27. The van der Waals surface area contributed by atoms with Gasteiger partial charge in [-0.2, -0.15) is 0 Å². The first-order valence-electron chi connectivity index (χ1n) is 8.52. The molecule has 2 heterocycles. The molecule has 0 bridgehead atoms. The van der Waals surface area contributed by atoms with Crippen molar-refractivity contribution < 1.29 is 9.53 Å². The summed E-state index contributed by atoms with van der Waals surface area (Å²) in [5, 5.41) is 1.01. The molecule has 0 aliphatic carbocycles. The Morgan fingerprint density at radius 1 is 1.04 bits per heavy atom. The molecule has 27 heavy (non-hydrogen) atoms. The molecule has 136 valence electrons. The summed E-state index contributed by atoms with van der Waals surface area (Å²) in [5.74, 6) is 0.272. The molecule has 0 N–H and O–H groups in total. The highest BCUT2D eigenvalue weighted by atomic mass is 35.5. The van der Waals surface area contributed by atoms with Gasteiger partial charge in [0.05, 0.1) is 10.0 Å². The molecule has 6 heteroatoms. The lowest BCUT2D eigenvalue weighted by molar-refractivity contribution is 0.142. The lowest BCUT2D eigenvalue weighted by atomic mass is 9.85. The molecule has 1 aromatic heterocycles. The van der Waals surface area contributed by atoms with Crippen LogP contribution in [0.15, 0.2) is 66.9 Å². The third kappa shape index (κ3) is 3.77. The van der Waals surface area contributed by atoms with Crippen LogP contribution in [0.5, 0.6) is 5.88 Å². The number of fused-ring (bicyclic) bond motifs is 1. The molecule has 1 amide bonds. The second-order valence-electron chi connectivity index (χ2n) is 6.34. The molecule has 1 aliphatic rings. The monoisotopic (exact) mass is 398 g/mol. The van der Waals surface area contributed by atoms with Crippen LogP contribution in [0.4, 0.5) is 4.79 Å². The van der Waals surface area contributed by atoms with Crippen LogP contribution in [0, 0.1) is 0 Å². The minimum atomic E-state index is -0.423. The molecule has 1 atom stereocenters. The summed E-state index contributed by atoms with van der Waals surface area (Å²) >= 11 is 12.3. The third-order valence-corrected chi connectivity index (χ3v) is 5.37. The van der Waals surface area contributed by atoms with Crippen LogP contribution in [-0.4, -0.2) is 22.5 Å². The highest BCUT2D eigenvalue weighted by molar-refractivity contribution is 6.42. The number of carbonyl (C=O) groups excluding carboxylic acids is 1. The Hall–Kier alpha value is -2.56. The molecule has 0 saturated carbocycles. The zero-order valence-electron chi connectivity index (χ0n) is 14.3. The van der Waals surface area contributed by atoms with E-state index in [1.54, 1.807) is 35.4 Å². The zero-order chi connectivity index (χ0) is 18.8. The van der Waals surface area contributed by atoms with Crippen LogP contribution in [0.3, 0.4) is 0 Å². The van der Waals surface area contributed by atoms with Gasteiger partial charge in [0.25, 0.3) is 0 Å². The molecule has 0 saturated heterocycles. The second-order valence-corrected chi connectivity index (χ2v) is 7.16. The Kier molecular flexibility index (Phi) is 5.01. The van der Waals surface area contributed by atoms with Crippen LogP contribution in [-0.2, 0) is 6.54 Å². The van der Waals surface area contributed by atoms with Crippen molar-refractivity contribution >= 4 is 29.3 Å². The van der Waals surface area contributed by atoms with E-state index in [-0.39, 0.29) is 11.8 Å². The second kappa shape index (κ2) is 7.59. The van der Waals surface area contributed by atoms with Gasteiger partial charge in [-0.1, -0.05) is 59.6 Å². The number of amides is 1. The first-order chi connectivity index (χ1) is 13.1. The van der Waals surface area contributed by atoms with E-state index in [9.17, 15) is 4.79 Å². The van der Waals surface area contributed by atoms with Gasteiger partial charge in [-0.3, -0.25) is 0 Å². The maximum atomic E-state index is 12.7. The summed E-state index contributed by atoms with van der Waals surface area (Å²) in [6.07, 6.45) is 1.17. The Labute approximate surface area is 167 Å². The summed E-state index contributed by atoms with van der Waals surface area (Å²) in [6.45, 7) is 0.973. The number of pyridine rings is 1. The number of benzene rings is 2. The van der Waals surface area contributed by atoms with Crippen molar-refractivity contribution in [2.45, 2.75) is 12.5 Å². The number of ether oxygens (including phenoxy) is 1. The topological polar surface area (TPSA) is 42.4 Å². The van der Waals surface area contributed by atoms with Gasteiger partial charge in [-0.15, -0.1) is 0 Å². The molecule has 3 aromatic rings. The fraction of sp³-hybridized carbons (Fsp3) is 0.143. The lowest BCUT2D eigenvalue weighted by Crippen LogP contribution is -2.40. The molecular weight excluding hydrogens is 383 g/mol. The molecule has 1 aliphatic heterocycles. The molecule has 2 aromatic carbocycles. The Morgan fingerprint density at radius 3 is 2.63 bits per heavy atom. The van der Waals surface area contributed by atoms with Crippen molar-refractivity contribution in [3.8, 4) is 5.88 Å². The molecule has 0 radical (unpaired) electrons. The van der Waals surface area contributed by atoms with Gasteiger partial charge in [0.1, 0.15) is 0 Å². The van der Waals surface area contributed by atoms with E-state index in [1.165, 1.54) is 5.56 Å². The number of nitrogens with zero attached hydrogens (tertiary/aromatic N) is 2. The van der Waals surface area contributed by atoms with E-state index >= 15 is 0 Å². The van der Waals surface area contributed by atoms with E-state index in [0.29, 0.717) is 23.1 Å². The van der Waals surface area contributed by atoms with Gasteiger partial charge >= 0.3 is 6.09 Å². The molecule has 1 unspecified atom stereocenters. The number of hydrogen-bond acceptors (Lipinski definition) is 3. The summed E-state index contributed by atoms with van der Waals surface area (Å²) < 4.78 is 5.42. The molecule has 0 spiro atoms. The fourth-order valence-electron chi connectivity index (χ4n) is 3.32. The number of rotatable bonds is 2. The first-order valence-corrected chi connectivity index (χ1v) is 9.28. The van der Waals surface area contributed by atoms with Crippen molar-refractivity contribution in [3.05, 3.63) is 93.6 Å². The zero-order valence-corrected chi connectivity index (χ0v) is 15.8. The minimum Gasteiger partial charge on any atom is -0.391 e. The van der Waals surface area contributed by atoms with Gasteiger partial charge in [-0.25, -0.2) is 9.78 Å². The normalized spacial score (nSPS) is 15.9. The number of aromatic nitrogens is 1. The van der Waals surface area contributed by atoms with Gasteiger partial charge in [0.15, 0.2) is 0 Å². The average Bonchev–Trinajstić information content (AvgIpc) is 2.70. The maximum Gasteiger partial charge on any atom is 0.416 e. The summed E-state index contributed by atoms with van der Waals surface area (Å²) in [6, 6.07) is 18.9. The smallest absolute Gasteiger partial charge is 0.391 e. The van der Waals surface area contributed by atoms with Gasteiger partial charge in [0, 0.05) is 31.3 Å². The predicted molar refractivity (Wildman–Crippen MR) is 105 cm³/mol. The maximum absolute atomic E-state index is 12.7. The van der Waals surface area contributed by atoms with E-state index < -0.39 is 6.09 Å². The quantitative estimate of drug-likeness (QED) is 0.569. The van der Waals surface area contributed by atoms with Crippen molar-refractivity contribution in [1.82, 2.24) is 9.88 Å². The summed E-state index contributed by atoms with van der Waals surface area (Å²) in [7, 11) is 0. The van der Waals surface area contributed by atoms with Gasteiger partial charge < -0.3 is 9.64 Å². The van der Waals surface area contributed by atoms with E-state index in [2.05, 4.69) is 11.1 Å². The Bertz CT molecular complexity index is 979. The molecule has 4 nitrogen and oxygen atoms in total. The average molecular weight is 399 g/mol. The molecule has 0 fully saturated rings. The minimum absolute atomic E-state index is 0.0130. The highest BCUT2D eigenvalue weighted by Gasteiger charge is 2.30. The van der Waals surface area contributed by atoms with Crippen LogP contribution >= 0.6 is 23.2 Å². The molecular formula is C21H16Cl2N2O2. The van der Waals surface area contributed by atoms with Crippen LogP contribution in [0.1, 0.15) is 22.6 Å². The largest absolute Gasteiger partial charge is 0.416 e. The van der Waals surface area contributed by atoms with Crippen LogP contribution in [0.2, 0.25) is 10.0 Å². The van der Waals surface area contributed by atoms with Crippen LogP contribution < -0.4 is 4.74 Å². The Balaban J connectivity index is 1.65. The Morgan fingerprint density at radius 2 is 1.85 bits per heavy atom. The van der Waals surface area contributed by atoms with Crippen molar-refractivity contribution in [1.29, 1.82) is 0 Å². The summed E-state index contributed by atoms with van der Waals surface area (Å²) in [4.78, 5) is 18.4. The standard InChI is InChI=1S/C21H16Cl2N2O2/c22-18-9-8-14(11-19(18)23)17-13-25(12-15-5-1-2-6-16(15)17)21(26)27-20-7-3-4-10-24-20/h1-11,17H,12-13H2. The number of halogens is 2. The van der Waals surface area contributed by atoms with E-state index in [0.717, 1.165) is 11.1 Å².